The molecular weight excluding hydrogens is 275 g/mol. The molecule has 0 aromatic heterocycles. The lowest BCUT2D eigenvalue weighted by atomic mass is 10.1. The molecule has 1 N–H and O–H groups in total. The molecule has 0 atom stereocenters. The topological polar surface area (TPSA) is 64.4 Å². The summed E-state index contributed by atoms with van der Waals surface area (Å²) in [6.45, 7) is 2.48. The molecule has 5 nitrogen and oxygen atoms in total. The van der Waals surface area contributed by atoms with Crippen molar-refractivity contribution in [3.05, 3.63) is 63.5 Å². The Kier molecular flexibility index (Phi) is 4.49. The van der Waals surface area contributed by atoms with Gasteiger partial charge in [0.25, 0.3) is 0 Å². The van der Waals surface area contributed by atoms with E-state index in [0.717, 1.165) is 29.3 Å². The molecule has 0 saturated carbocycles. The van der Waals surface area contributed by atoms with Gasteiger partial charge in [-0.25, -0.2) is 4.39 Å². The highest BCUT2D eigenvalue weighted by atomic mass is 19.1. The number of rotatable bonds is 5. The molecule has 0 aliphatic heterocycles. The van der Waals surface area contributed by atoms with Crippen LogP contribution in [0.2, 0.25) is 0 Å². The summed E-state index contributed by atoms with van der Waals surface area (Å²) in [6, 6.07) is 8.61. The molecule has 0 saturated heterocycles. The number of halogens is 1. The van der Waals surface area contributed by atoms with E-state index >= 15 is 0 Å². The van der Waals surface area contributed by atoms with Crippen molar-refractivity contribution < 1.29 is 14.1 Å². The number of nitrogens with zero attached hydrogens (tertiary/aromatic N) is 1. The molecule has 0 unspecified atom stereocenters. The normalized spacial score (nSPS) is 10.4. The van der Waals surface area contributed by atoms with Crippen LogP contribution in [0, 0.1) is 22.9 Å². The molecule has 0 radical (unpaired) electrons. The standard InChI is InChI=1S/C15H15FN2O3/c1-10-3-6-14(11(7-10)9-17-2)21-15-8-12(16)4-5-13(15)18(19)20/h3-8,17H,9H2,1-2H3. The van der Waals surface area contributed by atoms with Gasteiger partial charge in [0.2, 0.25) is 5.75 Å². The van der Waals surface area contributed by atoms with Crippen molar-refractivity contribution in [2.45, 2.75) is 13.5 Å². The molecule has 110 valence electrons. The summed E-state index contributed by atoms with van der Waals surface area (Å²) < 4.78 is 18.9. The lowest BCUT2D eigenvalue weighted by Crippen LogP contribution is -2.07. The molecular formula is C15H15FN2O3. The largest absolute Gasteiger partial charge is 0.450 e. The van der Waals surface area contributed by atoms with Crippen LogP contribution < -0.4 is 10.1 Å². The third-order valence-electron chi connectivity index (χ3n) is 2.92. The molecule has 0 fully saturated rings. The van der Waals surface area contributed by atoms with Gasteiger partial charge in [-0.15, -0.1) is 0 Å². The van der Waals surface area contributed by atoms with Crippen molar-refractivity contribution >= 4 is 5.69 Å². The predicted octanol–water partition coefficient (Wildman–Crippen LogP) is 3.55. The zero-order valence-corrected chi connectivity index (χ0v) is 11.7. The first-order chi connectivity index (χ1) is 10.0. The number of ether oxygens (including phenoxy) is 1. The Hall–Kier alpha value is -2.47. The Bertz CT molecular complexity index is 674. The van der Waals surface area contributed by atoms with E-state index in [4.69, 9.17) is 4.74 Å². The van der Waals surface area contributed by atoms with Gasteiger partial charge in [0.05, 0.1) is 4.92 Å². The van der Waals surface area contributed by atoms with Crippen LogP contribution in [-0.4, -0.2) is 12.0 Å². The molecule has 0 aliphatic rings. The van der Waals surface area contributed by atoms with E-state index in [1.165, 1.54) is 0 Å². The van der Waals surface area contributed by atoms with Crippen LogP contribution >= 0.6 is 0 Å². The van der Waals surface area contributed by atoms with Gasteiger partial charge in [-0.2, -0.15) is 0 Å². The van der Waals surface area contributed by atoms with Gasteiger partial charge in [0.1, 0.15) is 11.6 Å². The van der Waals surface area contributed by atoms with Crippen molar-refractivity contribution in [1.82, 2.24) is 5.32 Å². The maximum atomic E-state index is 13.3. The van der Waals surface area contributed by atoms with E-state index in [2.05, 4.69) is 5.32 Å². The van der Waals surface area contributed by atoms with Crippen molar-refractivity contribution in [3.63, 3.8) is 0 Å². The summed E-state index contributed by atoms with van der Waals surface area (Å²) in [6.07, 6.45) is 0. The number of nitrogens with one attached hydrogen (secondary N) is 1. The van der Waals surface area contributed by atoms with Crippen LogP contribution in [0.1, 0.15) is 11.1 Å². The van der Waals surface area contributed by atoms with E-state index in [0.29, 0.717) is 12.3 Å². The van der Waals surface area contributed by atoms with E-state index in [1.54, 1.807) is 13.1 Å². The van der Waals surface area contributed by atoms with E-state index in [1.807, 2.05) is 19.1 Å². The minimum absolute atomic E-state index is 0.110. The Morgan fingerprint density at radius 3 is 2.67 bits per heavy atom. The second-order valence-corrected chi connectivity index (χ2v) is 4.61. The smallest absolute Gasteiger partial charge is 0.311 e. The van der Waals surface area contributed by atoms with Crippen LogP contribution in [0.15, 0.2) is 36.4 Å². The Morgan fingerprint density at radius 2 is 2.00 bits per heavy atom. The first kappa shape index (κ1) is 14.9. The van der Waals surface area contributed by atoms with E-state index in [-0.39, 0.29) is 11.4 Å². The first-order valence-electron chi connectivity index (χ1n) is 6.37. The first-order valence-corrected chi connectivity index (χ1v) is 6.37. The molecule has 0 bridgehead atoms. The minimum atomic E-state index is -0.597. The molecule has 0 aliphatic carbocycles. The number of hydrogen-bond acceptors (Lipinski definition) is 4. The third kappa shape index (κ3) is 3.55. The monoisotopic (exact) mass is 290 g/mol. The maximum Gasteiger partial charge on any atom is 0.311 e. The number of aryl methyl sites for hydroxylation is 1. The zero-order chi connectivity index (χ0) is 15.4. The quantitative estimate of drug-likeness (QED) is 0.675. The van der Waals surface area contributed by atoms with Crippen LogP contribution in [0.3, 0.4) is 0 Å². The van der Waals surface area contributed by atoms with Gasteiger partial charge in [0, 0.05) is 24.2 Å². The highest BCUT2D eigenvalue weighted by molar-refractivity contribution is 5.50. The summed E-state index contributed by atoms with van der Waals surface area (Å²) in [7, 11) is 1.79. The fourth-order valence-electron chi connectivity index (χ4n) is 1.98. The van der Waals surface area contributed by atoms with Crippen molar-refractivity contribution in [3.8, 4) is 11.5 Å². The Balaban J connectivity index is 2.42. The lowest BCUT2D eigenvalue weighted by molar-refractivity contribution is -0.385. The molecule has 21 heavy (non-hydrogen) atoms. The van der Waals surface area contributed by atoms with Gasteiger partial charge in [-0.3, -0.25) is 10.1 Å². The maximum absolute atomic E-state index is 13.3. The van der Waals surface area contributed by atoms with Gasteiger partial charge >= 0.3 is 5.69 Å². The highest BCUT2D eigenvalue weighted by Gasteiger charge is 2.17. The fourth-order valence-corrected chi connectivity index (χ4v) is 1.98. The summed E-state index contributed by atoms with van der Waals surface area (Å²) in [5, 5.41) is 14.0. The van der Waals surface area contributed by atoms with Crippen molar-refractivity contribution in [2.75, 3.05) is 7.05 Å². The lowest BCUT2D eigenvalue weighted by Gasteiger charge is -2.12. The van der Waals surface area contributed by atoms with Crippen LogP contribution in [0.5, 0.6) is 11.5 Å². The van der Waals surface area contributed by atoms with Gasteiger partial charge in [0.15, 0.2) is 0 Å². The summed E-state index contributed by atoms with van der Waals surface area (Å²) in [5.41, 5.74) is 1.62. The molecule has 0 amide bonds. The predicted molar refractivity (Wildman–Crippen MR) is 77.1 cm³/mol. The number of hydrogen-bond donors (Lipinski definition) is 1. The molecule has 2 rings (SSSR count). The SMILES string of the molecule is CNCc1cc(C)ccc1Oc1cc(F)ccc1[N+](=O)[O-]. The number of benzene rings is 2. The van der Waals surface area contributed by atoms with Crippen molar-refractivity contribution in [2.24, 2.45) is 0 Å². The average Bonchev–Trinajstić information content (AvgIpc) is 2.42. The fraction of sp³-hybridized carbons (Fsp3) is 0.200. The Morgan fingerprint density at radius 1 is 1.24 bits per heavy atom. The van der Waals surface area contributed by atoms with E-state index < -0.39 is 10.7 Å². The second-order valence-electron chi connectivity index (χ2n) is 4.61. The molecule has 0 spiro atoms. The summed E-state index contributed by atoms with van der Waals surface area (Å²) in [5.74, 6) is -0.234. The zero-order valence-electron chi connectivity index (χ0n) is 11.7. The summed E-state index contributed by atoms with van der Waals surface area (Å²) >= 11 is 0. The number of nitro benzene ring substituents is 1. The van der Waals surface area contributed by atoms with E-state index in [9.17, 15) is 14.5 Å². The van der Waals surface area contributed by atoms with Crippen LogP contribution in [0.25, 0.3) is 0 Å². The second kappa shape index (κ2) is 6.32. The third-order valence-corrected chi connectivity index (χ3v) is 2.92. The van der Waals surface area contributed by atoms with Crippen LogP contribution in [-0.2, 0) is 6.54 Å². The Labute approximate surface area is 121 Å². The molecule has 2 aromatic carbocycles. The molecule has 6 heteroatoms. The number of nitro groups is 1. The summed E-state index contributed by atoms with van der Waals surface area (Å²) in [4.78, 5) is 10.4. The molecule has 2 aromatic rings. The van der Waals surface area contributed by atoms with Crippen LogP contribution in [0.4, 0.5) is 10.1 Å². The van der Waals surface area contributed by atoms with Crippen molar-refractivity contribution in [1.29, 1.82) is 0 Å². The molecule has 0 heterocycles. The van der Waals surface area contributed by atoms with Gasteiger partial charge in [-0.05, 0) is 26.1 Å². The van der Waals surface area contributed by atoms with Gasteiger partial charge < -0.3 is 10.1 Å². The van der Waals surface area contributed by atoms with Gasteiger partial charge in [-0.1, -0.05) is 17.7 Å². The highest BCUT2D eigenvalue weighted by Crippen LogP contribution is 2.33. The average molecular weight is 290 g/mol. The minimum Gasteiger partial charge on any atom is -0.450 e.